The van der Waals surface area contributed by atoms with E-state index in [2.05, 4.69) is 172 Å². The first-order valence-electron chi connectivity index (χ1n) is 25.5. The van der Waals surface area contributed by atoms with Crippen LogP contribution in [0.3, 0.4) is 0 Å². The van der Waals surface area contributed by atoms with Crippen molar-refractivity contribution in [1.82, 2.24) is 0 Å². The first kappa shape index (κ1) is 63.0. The number of esters is 2. The van der Waals surface area contributed by atoms with Gasteiger partial charge in [0, 0.05) is 19.3 Å². The van der Waals surface area contributed by atoms with E-state index in [1.165, 1.54) is 0 Å². The summed E-state index contributed by atoms with van der Waals surface area (Å²) in [5, 5.41) is 11.7. The Morgan fingerprint density at radius 1 is 0.441 bits per heavy atom. The molecule has 8 heteroatoms. The topological polar surface area (TPSA) is 102 Å². The molecule has 0 radical (unpaired) electrons. The number of carboxylic acids is 1. The van der Waals surface area contributed by atoms with Crippen LogP contribution in [0.1, 0.15) is 149 Å². The van der Waals surface area contributed by atoms with Gasteiger partial charge in [-0.05, 0) is 116 Å². The fourth-order valence-electron chi connectivity index (χ4n) is 6.30. The number of likely N-dealkylation sites (N-methyl/N-ethyl adjacent to an activating group) is 1. The van der Waals surface area contributed by atoms with E-state index in [4.69, 9.17) is 14.2 Å². The molecule has 2 unspecified atom stereocenters. The number of allylic oxidation sites excluding steroid dienone is 26. The van der Waals surface area contributed by atoms with E-state index >= 15 is 0 Å². The maximum absolute atomic E-state index is 12.8. The molecular weight excluding hydrogens is 847 g/mol. The van der Waals surface area contributed by atoms with E-state index < -0.39 is 24.1 Å². The number of nitrogens with zero attached hydrogens (tertiary/aromatic N) is 1. The molecule has 0 rings (SSSR count). The van der Waals surface area contributed by atoms with Crippen molar-refractivity contribution in [3.8, 4) is 0 Å². The minimum absolute atomic E-state index is 0.00945. The summed E-state index contributed by atoms with van der Waals surface area (Å²) in [7, 11) is 5.36. The average Bonchev–Trinajstić information content (AvgIpc) is 3.30. The highest BCUT2D eigenvalue weighted by molar-refractivity contribution is 5.70. The third kappa shape index (κ3) is 46.1. The van der Waals surface area contributed by atoms with Crippen LogP contribution in [0.5, 0.6) is 0 Å². The molecule has 0 heterocycles. The Morgan fingerprint density at radius 3 is 1.13 bits per heavy atom. The molecule has 2 atom stereocenters. The minimum atomic E-state index is -1.15. The quantitative estimate of drug-likeness (QED) is 0.0260. The Morgan fingerprint density at radius 2 is 0.779 bits per heavy atom. The van der Waals surface area contributed by atoms with Crippen molar-refractivity contribution in [2.24, 2.45) is 0 Å². The van der Waals surface area contributed by atoms with E-state index in [-0.39, 0.29) is 49.5 Å². The molecule has 0 fully saturated rings. The molecule has 0 aliphatic carbocycles. The molecular formula is C60H91NO7. The van der Waals surface area contributed by atoms with Crippen LogP contribution in [-0.2, 0) is 28.6 Å². The summed E-state index contributed by atoms with van der Waals surface area (Å²) in [6.07, 6.45) is 72.9. The number of hydrogen-bond acceptors (Lipinski definition) is 7. The van der Waals surface area contributed by atoms with Crippen LogP contribution < -0.4 is 5.11 Å². The molecule has 378 valence electrons. The smallest absolute Gasteiger partial charge is 0.306 e. The SMILES string of the molecule is CC/C=C/C/C=C/C/C=C/C/C=C/C/C=C/C/C=C/C/C=C/CCCC(=O)OC(COCCC(C(=O)[O-])[N+](C)(C)C)COC(=O)CCCC/C=C/C/C=C/C/C=C/C/C=C/C/C=C/C/C=C/CC. The van der Waals surface area contributed by atoms with Crippen LogP contribution in [0, 0.1) is 0 Å². The van der Waals surface area contributed by atoms with Crippen molar-refractivity contribution in [3.05, 3.63) is 158 Å². The van der Waals surface area contributed by atoms with Crippen molar-refractivity contribution >= 4 is 17.9 Å². The third-order valence-corrected chi connectivity index (χ3v) is 10.2. The number of unbranched alkanes of at least 4 members (excludes halogenated alkanes) is 3. The number of hydrogen-bond donors (Lipinski definition) is 0. The van der Waals surface area contributed by atoms with Gasteiger partial charge < -0.3 is 28.6 Å². The van der Waals surface area contributed by atoms with Crippen LogP contribution >= 0.6 is 0 Å². The average molecular weight is 938 g/mol. The van der Waals surface area contributed by atoms with Crippen molar-refractivity contribution in [2.75, 3.05) is 41.0 Å². The van der Waals surface area contributed by atoms with Gasteiger partial charge in [-0.3, -0.25) is 9.59 Å². The molecule has 68 heavy (non-hydrogen) atoms. The molecule has 0 saturated heterocycles. The Labute approximate surface area is 414 Å². The largest absolute Gasteiger partial charge is 0.544 e. The summed E-state index contributed by atoms with van der Waals surface area (Å²) in [6.45, 7) is 4.29. The number of ether oxygens (including phenoxy) is 3. The molecule has 0 aliphatic rings. The standard InChI is InChI=1S/C60H91NO7/c1-6-8-10-12-14-16-18-20-22-24-26-28-29-31-33-35-37-39-41-43-45-47-49-51-59(63)68-56(54-66-53-52-57(60(64)65)61(3,4)5)55-67-58(62)50-48-46-44-42-40-38-36-34-32-30-27-25-23-21-19-17-15-13-11-9-7-2/h8-11,14-17,20-23,26-28,30-31,33-34,36-37,39-40,42-43,45,56-57H,6-7,12-13,18-19,24-25,29,32,35,38,41,44,46-55H2,1-5H3/b10-8+,11-9+,16-14+,17-15+,22-20+,23-21+,28-26+,30-27+,33-31+,36-34+,39-37+,42-40+,45-43+. The van der Waals surface area contributed by atoms with Gasteiger partial charge in [0.05, 0.1) is 40.3 Å². The summed E-state index contributed by atoms with van der Waals surface area (Å²) in [6, 6.07) is -0.755. The fourth-order valence-corrected chi connectivity index (χ4v) is 6.30. The lowest BCUT2D eigenvalue weighted by molar-refractivity contribution is -0.889. The van der Waals surface area contributed by atoms with Crippen LogP contribution in [0.2, 0.25) is 0 Å². The van der Waals surface area contributed by atoms with E-state index in [1.807, 2.05) is 0 Å². The van der Waals surface area contributed by atoms with E-state index in [1.54, 1.807) is 21.1 Å². The fraction of sp³-hybridized carbons (Fsp3) is 0.517. The van der Waals surface area contributed by atoms with Gasteiger partial charge in [0.2, 0.25) is 0 Å². The predicted octanol–water partition coefficient (Wildman–Crippen LogP) is 13.7. The lowest BCUT2D eigenvalue weighted by atomic mass is 10.1. The molecule has 0 amide bonds. The van der Waals surface area contributed by atoms with Crippen molar-refractivity contribution in [1.29, 1.82) is 0 Å². The first-order valence-corrected chi connectivity index (χ1v) is 25.5. The lowest BCUT2D eigenvalue weighted by Gasteiger charge is -2.34. The summed E-state index contributed by atoms with van der Waals surface area (Å²) in [5.41, 5.74) is 0. The number of aliphatic carboxylic acids is 1. The van der Waals surface area contributed by atoms with Gasteiger partial charge >= 0.3 is 11.9 Å². The molecule has 0 saturated carbocycles. The van der Waals surface area contributed by atoms with Gasteiger partial charge in [-0.1, -0.05) is 172 Å². The van der Waals surface area contributed by atoms with Crippen LogP contribution in [0.4, 0.5) is 0 Å². The molecule has 8 nitrogen and oxygen atoms in total. The first-order chi connectivity index (χ1) is 33.1. The van der Waals surface area contributed by atoms with Gasteiger partial charge in [0.25, 0.3) is 0 Å². The zero-order valence-electron chi connectivity index (χ0n) is 42.9. The molecule has 0 aromatic rings. The summed E-state index contributed by atoms with van der Waals surface area (Å²) in [5.74, 6) is -1.89. The lowest BCUT2D eigenvalue weighted by Crippen LogP contribution is -2.55. The maximum atomic E-state index is 12.8. The van der Waals surface area contributed by atoms with Gasteiger partial charge in [0.15, 0.2) is 6.10 Å². The second kappa shape index (κ2) is 48.4. The third-order valence-electron chi connectivity index (χ3n) is 10.2. The second-order valence-corrected chi connectivity index (χ2v) is 17.3. The molecule has 0 bridgehead atoms. The van der Waals surface area contributed by atoms with Gasteiger partial charge in [0.1, 0.15) is 12.6 Å². The Kier molecular flexibility index (Phi) is 44.8. The number of carboxylic acid groups (broad SMARTS) is 1. The Bertz CT molecular complexity index is 1660. The highest BCUT2D eigenvalue weighted by Crippen LogP contribution is 2.10. The predicted molar refractivity (Wildman–Crippen MR) is 286 cm³/mol. The number of carbonyl (C=O) groups is 3. The highest BCUT2D eigenvalue weighted by Gasteiger charge is 2.25. The van der Waals surface area contributed by atoms with Crippen molar-refractivity contribution in [3.63, 3.8) is 0 Å². The summed E-state index contributed by atoms with van der Waals surface area (Å²) < 4.78 is 17.1. The number of quaternary nitrogens is 1. The van der Waals surface area contributed by atoms with Crippen LogP contribution in [0.25, 0.3) is 0 Å². The Balaban J connectivity index is 4.49. The van der Waals surface area contributed by atoms with Crippen molar-refractivity contribution < 1.29 is 38.2 Å². The number of carbonyl (C=O) groups excluding carboxylic acids is 3. The second-order valence-electron chi connectivity index (χ2n) is 17.3. The van der Waals surface area contributed by atoms with Crippen LogP contribution in [0.15, 0.2) is 158 Å². The van der Waals surface area contributed by atoms with Crippen molar-refractivity contribution in [2.45, 2.75) is 161 Å². The molecule has 0 aliphatic heterocycles. The molecule has 0 aromatic heterocycles. The van der Waals surface area contributed by atoms with Crippen LogP contribution in [-0.4, -0.2) is 75.5 Å². The zero-order valence-corrected chi connectivity index (χ0v) is 42.9. The van der Waals surface area contributed by atoms with Gasteiger partial charge in [-0.25, -0.2) is 0 Å². The molecule has 0 spiro atoms. The maximum Gasteiger partial charge on any atom is 0.306 e. The van der Waals surface area contributed by atoms with E-state index in [0.717, 1.165) is 103 Å². The van der Waals surface area contributed by atoms with Gasteiger partial charge in [-0.15, -0.1) is 0 Å². The minimum Gasteiger partial charge on any atom is -0.544 e. The van der Waals surface area contributed by atoms with Gasteiger partial charge in [-0.2, -0.15) is 0 Å². The number of rotatable bonds is 43. The molecule has 0 N–H and O–H groups in total. The Hall–Kier alpha value is -5.05. The summed E-state index contributed by atoms with van der Waals surface area (Å²) in [4.78, 5) is 37.0. The highest BCUT2D eigenvalue weighted by atomic mass is 16.6. The molecule has 0 aromatic carbocycles. The summed E-state index contributed by atoms with van der Waals surface area (Å²) >= 11 is 0. The van der Waals surface area contributed by atoms with E-state index in [9.17, 15) is 19.5 Å². The normalized spacial score (nSPS) is 14.2. The van der Waals surface area contributed by atoms with E-state index in [0.29, 0.717) is 12.8 Å². The zero-order chi connectivity index (χ0) is 49.9. The monoisotopic (exact) mass is 938 g/mol.